The van der Waals surface area contributed by atoms with Gasteiger partial charge in [0.25, 0.3) is 0 Å². The molecular weight excluding hydrogens is 468 g/mol. The molecule has 1 amide bonds. The molecule has 1 saturated heterocycles. The summed E-state index contributed by atoms with van der Waals surface area (Å²) in [6, 6.07) is 14.6. The number of nitrogens with zero attached hydrogens (tertiary/aromatic N) is 5. The Labute approximate surface area is 205 Å². The number of likely N-dealkylation sites (N-methyl/N-ethyl adjacent to an activating group) is 1. The Kier molecular flexibility index (Phi) is 7.91. The normalized spacial score (nSPS) is 15.7. The van der Waals surface area contributed by atoms with Crippen LogP contribution in [-0.2, 0) is 26.1 Å². The lowest BCUT2D eigenvalue weighted by Crippen LogP contribution is -2.40. The predicted molar refractivity (Wildman–Crippen MR) is 130 cm³/mol. The molecule has 0 saturated carbocycles. The highest BCUT2D eigenvalue weighted by Crippen LogP contribution is 2.20. The molecule has 2 heterocycles. The molecule has 10 nitrogen and oxygen atoms in total. The van der Waals surface area contributed by atoms with Gasteiger partial charge in [-0.1, -0.05) is 24.3 Å². The first-order valence-corrected chi connectivity index (χ1v) is 12.9. The van der Waals surface area contributed by atoms with Gasteiger partial charge in [-0.15, -0.1) is 0 Å². The number of benzene rings is 2. The van der Waals surface area contributed by atoms with E-state index in [2.05, 4.69) is 15.4 Å². The van der Waals surface area contributed by atoms with Crippen LogP contribution in [0.4, 0.5) is 0 Å². The maximum Gasteiger partial charge on any atom is 0.243 e. The number of aromatic nitrogens is 3. The zero-order valence-electron chi connectivity index (χ0n) is 19.9. The molecule has 0 aliphatic carbocycles. The van der Waals surface area contributed by atoms with Crippen LogP contribution in [0.15, 0.2) is 66.1 Å². The minimum Gasteiger partial charge on any atom is -0.379 e. The van der Waals surface area contributed by atoms with Crippen molar-refractivity contribution in [1.29, 1.82) is 0 Å². The number of carbonyl (C=O) groups excluding carboxylic acids is 1. The summed E-state index contributed by atoms with van der Waals surface area (Å²) in [5.74, 6) is -0.108. The van der Waals surface area contributed by atoms with E-state index in [-0.39, 0.29) is 23.4 Å². The van der Waals surface area contributed by atoms with Crippen LogP contribution in [0.2, 0.25) is 0 Å². The fraction of sp³-hybridized carbons (Fsp3) is 0.375. The Morgan fingerprint density at radius 3 is 2.43 bits per heavy atom. The van der Waals surface area contributed by atoms with Gasteiger partial charge in [-0.3, -0.25) is 9.69 Å². The minimum atomic E-state index is -3.53. The van der Waals surface area contributed by atoms with Crippen molar-refractivity contribution in [2.45, 2.75) is 24.4 Å². The molecule has 186 valence electrons. The van der Waals surface area contributed by atoms with Gasteiger partial charge in [-0.05, 0) is 49.4 Å². The molecule has 2 aromatic carbocycles. The summed E-state index contributed by atoms with van der Waals surface area (Å²) in [7, 11) is -1.62. The summed E-state index contributed by atoms with van der Waals surface area (Å²) >= 11 is 0. The number of sulfonamides is 1. The number of rotatable bonds is 9. The van der Waals surface area contributed by atoms with Gasteiger partial charge in [0.15, 0.2) is 0 Å². The van der Waals surface area contributed by atoms with E-state index in [0.717, 1.165) is 16.8 Å². The summed E-state index contributed by atoms with van der Waals surface area (Å²) in [5, 5.41) is 7.03. The van der Waals surface area contributed by atoms with Crippen molar-refractivity contribution in [3.8, 4) is 5.69 Å². The molecule has 11 heteroatoms. The molecule has 1 aromatic heterocycles. The van der Waals surface area contributed by atoms with Gasteiger partial charge in [0.05, 0.1) is 30.3 Å². The van der Waals surface area contributed by atoms with Crippen LogP contribution in [0.1, 0.15) is 24.1 Å². The molecular formula is C24H30N6O4S. The van der Waals surface area contributed by atoms with Crippen molar-refractivity contribution in [3.63, 3.8) is 0 Å². The lowest BCUT2D eigenvalue weighted by Gasteiger charge is -2.26. The number of hydrogen-bond donors (Lipinski definition) is 1. The van der Waals surface area contributed by atoms with Crippen LogP contribution < -0.4 is 5.32 Å². The average Bonchev–Trinajstić information content (AvgIpc) is 3.43. The largest absolute Gasteiger partial charge is 0.379 e. The summed E-state index contributed by atoms with van der Waals surface area (Å²) in [4.78, 5) is 18.7. The summed E-state index contributed by atoms with van der Waals surface area (Å²) in [5.41, 5.74) is 2.84. The Morgan fingerprint density at radius 2 is 1.80 bits per heavy atom. The first-order valence-electron chi connectivity index (χ1n) is 11.4. The third-order valence-electron chi connectivity index (χ3n) is 6.13. The molecule has 0 radical (unpaired) electrons. The Balaban J connectivity index is 1.27. The van der Waals surface area contributed by atoms with Crippen molar-refractivity contribution >= 4 is 15.9 Å². The monoisotopic (exact) mass is 498 g/mol. The third kappa shape index (κ3) is 6.12. The molecule has 1 atom stereocenters. The minimum absolute atomic E-state index is 0.0372. The van der Waals surface area contributed by atoms with E-state index in [1.165, 1.54) is 10.6 Å². The second-order valence-corrected chi connectivity index (χ2v) is 10.4. The van der Waals surface area contributed by atoms with Crippen LogP contribution >= 0.6 is 0 Å². The lowest BCUT2D eigenvalue weighted by atomic mass is 10.1. The van der Waals surface area contributed by atoms with E-state index in [1.54, 1.807) is 35.3 Å². The van der Waals surface area contributed by atoms with Crippen molar-refractivity contribution < 1.29 is 17.9 Å². The smallest absolute Gasteiger partial charge is 0.243 e. The van der Waals surface area contributed by atoms with Crippen molar-refractivity contribution in [3.05, 3.63) is 72.3 Å². The summed E-state index contributed by atoms with van der Waals surface area (Å²) in [6.07, 6.45) is 3.14. The van der Waals surface area contributed by atoms with Crippen LogP contribution in [0.3, 0.4) is 0 Å². The Hall–Kier alpha value is -3.12. The first kappa shape index (κ1) is 25.0. The number of ether oxygens (including phenoxy) is 1. The van der Waals surface area contributed by atoms with Gasteiger partial charge in [0.2, 0.25) is 15.9 Å². The van der Waals surface area contributed by atoms with E-state index >= 15 is 0 Å². The molecule has 1 N–H and O–H groups in total. The highest BCUT2D eigenvalue weighted by Gasteiger charge is 2.26. The molecule has 35 heavy (non-hydrogen) atoms. The molecule has 1 unspecified atom stereocenters. The van der Waals surface area contributed by atoms with Crippen LogP contribution in [0.5, 0.6) is 0 Å². The molecule has 0 bridgehead atoms. The zero-order valence-corrected chi connectivity index (χ0v) is 20.7. The zero-order chi connectivity index (χ0) is 24.8. The highest BCUT2D eigenvalue weighted by molar-refractivity contribution is 7.89. The number of amides is 1. The topological polar surface area (TPSA) is 110 Å². The fourth-order valence-corrected chi connectivity index (χ4v) is 5.24. The molecule has 1 aliphatic rings. The standard InChI is InChI=1S/C24H30N6O4S/c1-19(21-5-7-22(8-6-21)30-18-25-17-27-30)28(2)16-24(31)26-15-20-3-9-23(10-4-20)35(32,33)29-11-13-34-14-12-29/h3-10,17-19H,11-16H2,1-2H3,(H,26,31). The quantitative estimate of drug-likeness (QED) is 0.477. The van der Waals surface area contributed by atoms with Crippen LogP contribution in [-0.4, -0.2) is 78.2 Å². The Bertz CT molecular complexity index is 1210. The lowest BCUT2D eigenvalue weighted by molar-refractivity contribution is -0.122. The molecule has 0 spiro atoms. The van der Waals surface area contributed by atoms with Gasteiger partial charge >= 0.3 is 0 Å². The third-order valence-corrected chi connectivity index (χ3v) is 8.05. The van der Waals surface area contributed by atoms with Crippen molar-refractivity contribution in [2.24, 2.45) is 0 Å². The second kappa shape index (κ2) is 11.1. The van der Waals surface area contributed by atoms with E-state index in [4.69, 9.17) is 4.74 Å². The van der Waals surface area contributed by atoms with Crippen molar-refractivity contribution in [2.75, 3.05) is 39.9 Å². The Morgan fingerprint density at radius 1 is 1.11 bits per heavy atom. The maximum atomic E-state index is 12.7. The van der Waals surface area contributed by atoms with Gasteiger partial charge in [0.1, 0.15) is 12.7 Å². The first-order chi connectivity index (χ1) is 16.8. The maximum absolute atomic E-state index is 12.7. The van der Waals surface area contributed by atoms with E-state index < -0.39 is 10.0 Å². The predicted octanol–water partition coefficient (Wildman–Crippen LogP) is 1.60. The van der Waals surface area contributed by atoms with E-state index in [1.807, 2.05) is 43.1 Å². The highest BCUT2D eigenvalue weighted by atomic mass is 32.2. The van der Waals surface area contributed by atoms with Gasteiger partial charge in [-0.25, -0.2) is 18.1 Å². The summed E-state index contributed by atoms with van der Waals surface area (Å²) < 4.78 is 33.8. The van der Waals surface area contributed by atoms with Gasteiger partial charge in [-0.2, -0.15) is 9.40 Å². The number of hydrogen-bond acceptors (Lipinski definition) is 7. The number of nitrogens with one attached hydrogen (secondary N) is 1. The second-order valence-electron chi connectivity index (χ2n) is 8.46. The van der Waals surface area contributed by atoms with Crippen LogP contribution in [0, 0.1) is 0 Å². The van der Waals surface area contributed by atoms with Gasteiger partial charge < -0.3 is 10.1 Å². The van der Waals surface area contributed by atoms with Crippen LogP contribution in [0.25, 0.3) is 5.69 Å². The molecule has 4 rings (SSSR count). The van der Waals surface area contributed by atoms with Crippen molar-refractivity contribution in [1.82, 2.24) is 29.3 Å². The summed E-state index contributed by atoms with van der Waals surface area (Å²) in [6.45, 7) is 4.14. The number of carbonyl (C=O) groups is 1. The molecule has 1 aliphatic heterocycles. The van der Waals surface area contributed by atoms with E-state index in [9.17, 15) is 13.2 Å². The van der Waals surface area contributed by atoms with Gasteiger partial charge in [0, 0.05) is 25.7 Å². The van der Waals surface area contributed by atoms with E-state index in [0.29, 0.717) is 32.8 Å². The average molecular weight is 499 g/mol. The fourth-order valence-electron chi connectivity index (χ4n) is 3.84. The number of morpholine rings is 1. The SMILES string of the molecule is CC(c1ccc(-n2cncn2)cc1)N(C)CC(=O)NCc1ccc(S(=O)(=O)N2CCOCC2)cc1. The molecule has 1 fully saturated rings. The molecule has 3 aromatic rings.